The first-order valence-corrected chi connectivity index (χ1v) is 10.00. The van der Waals surface area contributed by atoms with Gasteiger partial charge in [0.05, 0.1) is 4.90 Å². The van der Waals surface area contributed by atoms with Crippen LogP contribution in [0.1, 0.15) is 18.5 Å². The van der Waals surface area contributed by atoms with Gasteiger partial charge in [0.15, 0.2) is 0 Å². The van der Waals surface area contributed by atoms with E-state index in [0.29, 0.717) is 5.69 Å². The summed E-state index contributed by atoms with van der Waals surface area (Å²) in [6.45, 7) is 3.52. The van der Waals surface area contributed by atoms with E-state index in [4.69, 9.17) is 5.14 Å². The van der Waals surface area contributed by atoms with Gasteiger partial charge in [-0.3, -0.25) is 4.79 Å². The molecule has 1 amide bonds. The summed E-state index contributed by atoms with van der Waals surface area (Å²) in [5, 5.41) is 7.92. The number of piperidine rings is 1. The highest BCUT2D eigenvalue weighted by atomic mass is 32.2. The zero-order valence-corrected chi connectivity index (χ0v) is 15.4. The van der Waals surface area contributed by atoms with Gasteiger partial charge in [-0.25, -0.2) is 18.5 Å². The highest BCUT2D eigenvalue weighted by Crippen LogP contribution is 2.23. The number of nitrogens with one attached hydrogen (secondary N) is 1. The molecule has 3 N–H and O–H groups in total. The van der Waals surface area contributed by atoms with Crippen molar-refractivity contribution in [3.05, 3.63) is 48.2 Å². The second kappa shape index (κ2) is 7.43. The number of aromatic nitrogens is 1. The molecule has 0 spiro atoms. The van der Waals surface area contributed by atoms with Gasteiger partial charge in [-0.15, -0.1) is 0 Å². The smallest absolute Gasteiger partial charge is 0.238 e. The Morgan fingerprint density at radius 3 is 2.38 bits per heavy atom. The summed E-state index contributed by atoms with van der Waals surface area (Å²) < 4.78 is 22.5. The summed E-state index contributed by atoms with van der Waals surface area (Å²) >= 11 is 0. The average Bonchev–Trinajstić information content (AvgIpc) is 2.61. The molecule has 1 aromatic carbocycles. The SMILES string of the molecule is Cc1cccc(N2CCC(C(=O)Nc3ccc(S(N)(=O)=O)cc3)CC2)n1. The highest BCUT2D eigenvalue weighted by molar-refractivity contribution is 7.89. The number of nitrogens with two attached hydrogens (primary N) is 1. The molecular formula is C18H22N4O3S. The van der Waals surface area contributed by atoms with Crippen molar-refractivity contribution in [1.82, 2.24) is 4.98 Å². The molecule has 0 bridgehead atoms. The van der Waals surface area contributed by atoms with Crippen molar-refractivity contribution in [3.8, 4) is 0 Å². The number of hydrogen-bond acceptors (Lipinski definition) is 5. The Bertz CT molecular complexity index is 889. The van der Waals surface area contributed by atoms with Crippen molar-refractivity contribution >= 4 is 27.4 Å². The molecule has 0 radical (unpaired) electrons. The van der Waals surface area contributed by atoms with Gasteiger partial charge in [-0.2, -0.15) is 0 Å². The molecule has 0 saturated carbocycles. The number of amides is 1. The van der Waals surface area contributed by atoms with E-state index >= 15 is 0 Å². The molecular weight excluding hydrogens is 352 g/mol. The molecule has 138 valence electrons. The third-order valence-electron chi connectivity index (χ3n) is 4.51. The van der Waals surface area contributed by atoms with E-state index < -0.39 is 10.0 Å². The van der Waals surface area contributed by atoms with Crippen LogP contribution in [0, 0.1) is 12.8 Å². The van der Waals surface area contributed by atoms with Crippen LogP contribution in [0.15, 0.2) is 47.4 Å². The largest absolute Gasteiger partial charge is 0.357 e. The quantitative estimate of drug-likeness (QED) is 0.850. The van der Waals surface area contributed by atoms with Crippen LogP contribution >= 0.6 is 0 Å². The summed E-state index contributed by atoms with van der Waals surface area (Å²) in [4.78, 5) is 19.2. The molecule has 1 fully saturated rings. The molecule has 2 heterocycles. The number of sulfonamides is 1. The van der Waals surface area contributed by atoms with Gasteiger partial charge in [0.2, 0.25) is 15.9 Å². The standard InChI is InChI=1S/C18H22N4O3S/c1-13-3-2-4-17(20-13)22-11-9-14(10-12-22)18(23)21-15-5-7-16(8-6-15)26(19,24)25/h2-8,14H,9-12H2,1H3,(H,21,23)(H2,19,24,25). The van der Waals surface area contributed by atoms with E-state index in [9.17, 15) is 13.2 Å². The maximum atomic E-state index is 12.5. The highest BCUT2D eigenvalue weighted by Gasteiger charge is 2.25. The molecule has 1 aliphatic heterocycles. The maximum absolute atomic E-state index is 12.5. The topological polar surface area (TPSA) is 105 Å². The van der Waals surface area contributed by atoms with Crippen LogP contribution in [-0.2, 0) is 14.8 Å². The Labute approximate surface area is 153 Å². The zero-order chi connectivity index (χ0) is 18.7. The molecule has 1 aromatic heterocycles. The third-order valence-corrected chi connectivity index (χ3v) is 5.44. The second-order valence-electron chi connectivity index (χ2n) is 6.46. The van der Waals surface area contributed by atoms with Crippen LogP contribution in [0.4, 0.5) is 11.5 Å². The molecule has 0 aliphatic carbocycles. The first kappa shape index (κ1) is 18.3. The van der Waals surface area contributed by atoms with E-state index in [1.165, 1.54) is 12.1 Å². The summed E-state index contributed by atoms with van der Waals surface area (Å²) in [5.74, 6) is 0.821. The predicted molar refractivity (Wildman–Crippen MR) is 100 cm³/mol. The molecule has 8 heteroatoms. The van der Waals surface area contributed by atoms with Gasteiger partial charge in [0.1, 0.15) is 5.82 Å². The van der Waals surface area contributed by atoms with Crippen LogP contribution in [0.2, 0.25) is 0 Å². The Morgan fingerprint density at radius 2 is 1.81 bits per heavy atom. The first-order valence-electron chi connectivity index (χ1n) is 8.45. The average molecular weight is 374 g/mol. The molecule has 26 heavy (non-hydrogen) atoms. The maximum Gasteiger partial charge on any atom is 0.238 e. The monoisotopic (exact) mass is 374 g/mol. The van der Waals surface area contributed by atoms with Crippen molar-refractivity contribution < 1.29 is 13.2 Å². The fraction of sp³-hybridized carbons (Fsp3) is 0.333. The fourth-order valence-corrected chi connectivity index (χ4v) is 3.56. The van der Waals surface area contributed by atoms with Crippen LogP contribution in [0.25, 0.3) is 0 Å². The van der Waals surface area contributed by atoms with Crippen LogP contribution < -0.4 is 15.4 Å². The number of primary sulfonamides is 1. The molecule has 1 saturated heterocycles. The molecule has 0 atom stereocenters. The summed E-state index contributed by atoms with van der Waals surface area (Å²) in [5.41, 5.74) is 1.54. The number of carbonyl (C=O) groups is 1. The minimum atomic E-state index is -3.73. The van der Waals surface area contributed by atoms with E-state index in [1.807, 2.05) is 25.1 Å². The van der Waals surface area contributed by atoms with Crippen molar-refractivity contribution in [3.63, 3.8) is 0 Å². The van der Waals surface area contributed by atoms with Gasteiger partial charge < -0.3 is 10.2 Å². The van der Waals surface area contributed by atoms with Gasteiger partial charge >= 0.3 is 0 Å². The number of benzene rings is 1. The third kappa shape index (κ3) is 4.39. The minimum absolute atomic E-state index is 0.0226. The van der Waals surface area contributed by atoms with Gasteiger partial charge in [-0.05, 0) is 56.2 Å². The van der Waals surface area contributed by atoms with E-state index in [1.54, 1.807) is 12.1 Å². The molecule has 1 aliphatic rings. The predicted octanol–water partition coefficient (Wildman–Crippen LogP) is 1.89. The van der Waals surface area contributed by atoms with Gasteiger partial charge in [0.25, 0.3) is 0 Å². The number of pyridine rings is 1. The summed E-state index contributed by atoms with van der Waals surface area (Å²) in [6, 6.07) is 11.8. The van der Waals surface area contributed by atoms with Gasteiger partial charge in [-0.1, -0.05) is 6.07 Å². The summed E-state index contributed by atoms with van der Waals surface area (Å²) in [6.07, 6.45) is 1.49. The fourth-order valence-electron chi connectivity index (χ4n) is 3.05. The Hall–Kier alpha value is -2.45. The van der Waals surface area contributed by atoms with Crippen molar-refractivity contribution in [2.75, 3.05) is 23.3 Å². The number of hydrogen-bond donors (Lipinski definition) is 2. The normalized spacial score (nSPS) is 15.7. The summed E-state index contributed by atoms with van der Waals surface area (Å²) in [7, 11) is -3.73. The minimum Gasteiger partial charge on any atom is -0.357 e. The molecule has 3 rings (SSSR count). The molecule has 7 nitrogen and oxygen atoms in total. The lowest BCUT2D eigenvalue weighted by atomic mass is 9.95. The number of aryl methyl sites for hydroxylation is 1. The van der Waals surface area contributed by atoms with Crippen molar-refractivity contribution in [2.24, 2.45) is 11.1 Å². The number of nitrogens with zero attached hydrogens (tertiary/aromatic N) is 2. The van der Waals surface area contributed by atoms with Crippen LogP contribution in [0.3, 0.4) is 0 Å². The van der Waals surface area contributed by atoms with Crippen LogP contribution in [-0.4, -0.2) is 32.4 Å². The van der Waals surface area contributed by atoms with Crippen molar-refractivity contribution in [1.29, 1.82) is 0 Å². The number of anilines is 2. The molecule has 2 aromatic rings. The Kier molecular flexibility index (Phi) is 5.24. The number of rotatable bonds is 4. The second-order valence-corrected chi connectivity index (χ2v) is 8.02. The van der Waals surface area contributed by atoms with Gasteiger partial charge in [0, 0.05) is 30.4 Å². The first-order chi connectivity index (χ1) is 12.3. The van der Waals surface area contributed by atoms with Crippen LogP contribution in [0.5, 0.6) is 0 Å². The Balaban J connectivity index is 1.57. The molecule has 0 unspecified atom stereocenters. The van der Waals surface area contributed by atoms with E-state index in [-0.39, 0.29) is 16.7 Å². The Morgan fingerprint density at radius 1 is 1.15 bits per heavy atom. The van der Waals surface area contributed by atoms with Crippen molar-refractivity contribution in [2.45, 2.75) is 24.7 Å². The lowest BCUT2D eigenvalue weighted by Gasteiger charge is -2.32. The number of carbonyl (C=O) groups excluding carboxylic acids is 1. The zero-order valence-electron chi connectivity index (χ0n) is 14.6. The van der Waals surface area contributed by atoms with E-state index in [2.05, 4.69) is 15.2 Å². The lowest BCUT2D eigenvalue weighted by molar-refractivity contribution is -0.120. The van der Waals surface area contributed by atoms with E-state index in [0.717, 1.165) is 37.4 Å². The lowest BCUT2D eigenvalue weighted by Crippen LogP contribution is -2.38.